The van der Waals surface area contributed by atoms with Gasteiger partial charge >= 0.3 is 6.03 Å². The highest BCUT2D eigenvalue weighted by atomic mass is 16.2. The lowest BCUT2D eigenvalue weighted by atomic mass is 10.2. The van der Waals surface area contributed by atoms with Crippen LogP contribution in [0.25, 0.3) is 0 Å². The molecule has 1 rings (SSSR count). The number of urea groups is 1. The van der Waals surface area contributed by atoms with Crippen molar-refractivity contribution in [3.63, 3.8) is 0 Å². The quantitative estimate of drug-likeness (QED) is 0.473. The van der Waals surface area contributed by atoms with E-state index in [-0.39, 0.29) is 11.9 Å². The molecule has 5 N–H and O–H groups in total. The van der Waals surface area contributed by atoms with Crippen molar-refractivity contribution in [2.45, 2.75) is 26.3 Å². The number of hydrogen-bond acceptors (Lipinski definition) is 2. The third kappa shape index (κ3) is 4.14. The Morgan fingerprint density at radius 3 is 2.47 bits per heavy atom. The number of nitrogens with one attached hydrogen (secondary N) is 3. The minimum absolute atomic E-state index is 0.0356. The molecule has 0 aromatic heterocycles. The second-order valence-corrected chi connectivity index (χ2v) is 3.88. The van der Waals surface area contributed by atoms with Gasteiger partial charge in [-0.2, -0.15) is 0 Å². The molecule has 5 heteroatoms. The molecule has 0 aliphatic rings. The molecule has 0 aliphatic carbocycles. The van der Waals surface area contributed by atoms with Crippen molar-refractivity contribution in [2.75, 3.05) is 5.32 Å². The molecule has 1 atom stereocenters. The van der Waals surface area contributed by atoms with E-state index in [2.05, 4.69) is 10.6 Å². The van der Waals surface area contributed by atoms with Crippen LogP contribution in [0, 0.1) is 12.3 Å². The summed E-state index contributed by atoms with van der Waals surface area (Å²) in [5, 5.41) is 12.6. The standard InChI is InChI=1S/C12H18N4O/c1-3-10(11(13)14)16-12(17)15-9-6-4-8(2)5-7-9/h4-7,10H,3H2,1-2H3,(H3,13,14)(H2,15,16,17). The molecule has 0 heterocycles. The maximum Gasteiger partial charge on any atom is 0.319 e. The van der Waals surface area contributed by atoms with Gasteiger partial charge in [-0.1, -0.05) is 24.6 Å². The van der Waals surface area contributed by atoms with E-state index in [1.165, 1.54) is 0 Å². The molecule has 5 nitrogen and oxygen atoms in total. The van der Waals surface area contributed by atoms with E-state index in [0.29, 0.717) is 12.1 Å². The van der Waals surface area contributed by atoms with Crippen LogP contribution in [-0.2, 0) is 0 Å². The number of aryl methyl sites for hydroxylation is 1. The van der Waals surface area contributed by atoms with Gasteiger partial charge in [-0.15, -0.1) is 0 Å². The lowest BCUT2D eigenvalue weighted by Crippen LogP contribution is -2.45. The van der Waals surface area contributed by atoms with E-state index in [4.69, 9.17) is 11.1 Å². The Morgan fingerprint density at radius 1 is 1.41 bits per heavy atom. The van der Waals surface area contributed by atoms with Gasteiger partial charge in [-0.3, -0.25) is 5.41 Å². The van der Waals surface area contributed by atoms with Gasteiger partial charge in [0.1, 0.15) is 5.84 Å². The summed E-state index contributed by atoms with van der Waals surface area (Å²) < 4.78 is 0. The summed E-state index contributed by atoms with van der Waals surface area (Å²) in [5.74, 6) is -0.0356. The Hall–Kier alpha value is -2.04. The van der Waals surface area contributed by atoms with Crippen molar-refractivity contribution in [1.29, 1.82) is 5.41 Å². The first-order valence-electron chi connectivity index (χ1n) is 5.51. The van der Waals surface area contributed by atoms with E-state index in [0.717, 1.165) is 5.56 Å². The third-order valence-corrected chi connectivity index (χ3v) is 2.40. The van der Waals surface area contributed by atoms with Gasteiger partial charge in [0.05, 0.1) is 6.04 Å². The maximum absolute atomic E-state index is 11.6. The molecule has 1 aromatic rings. The molecule has 0 bridgehead atoms. The van der Waals surface area contributed by atoms with Crippen LogP contribution >= 0.6 is 0 Å². The highest BCUT2D eigenvalue weighted by Crippen LogP contribution is 2.08. The molecule has 1 unspecified atom stereocenters. The molecular weight excluding hydrogens is 216 g/mol. The largest absolute Gasteiger partial charge is 0.386 e. The Kier molecular flexibility index (Phi) is 4.51. The fraction of sp³-hybridized carbons (Fsp3) is 0.333. The zero-order chi connectivity index (χ0) is 12.8. The first-order valence-corrected chi connectivity index (χ1v) is 5.51. The summed E-state index contributed by atoms with van der Waals surface area (Å²) in [6.45, 7) is 3.84. The van der Waals surface area contributed by atoms with Crippen LogP contribution in [0.4, 0.5) is 10.5 Å². The molecule has 0 fully saturated rings. The van der Waals surface area contributed by atoms with E-state index in [1.54, 1.807) is 0 Å². The lowest BCUT2D eigenvalue weighted by molar-refractivity contribution is 0.250. The van der Waals surface area contributed by atoms with Crippen molar-refractivity contribution in [1.82, 2.24) is 5.32 Å². The van der Waals surface area contributed by atoms with Crippen molar-refractivity contribution in [3.05, 3.63) is 29.8 Å². The predicted molar refractivity (Wildman–Crippen MR) is 69.3 cm³/mol. The number of anilines is 1. The summed E-state index contributed by atoms with van der Waals surface area (Å²) in [5.41, 5.74) is 7.19. The SMILES string of the molecule is CCC(NC(=O)Nc1ccc(C)cc1)C(=N)N. The van der Waals surface area contributed by atoms with Crippen molar-refractivity contribution in [3.8, 4) is 0 Å². The van der Waals surface area contributed by atoms with Crippen LogP contribution in [0.5, 0.6) is 0 Å². The van der Waals surface area contributed by atoms with Gasteiger partial charge in [-0.25, -0.2) is 4.79 Å². The van der Waals surface area contributed by atoms with Crippen LogP contribution in [0.1, 0.15) is 18.9 Å². The van der Waals surface area contributed by atoms with Gasteiger partial charge in [0.25, 0.3) is 0 Å². The van der Waals surface area contributed by atoms with Crippen LogP contribution in [0.2, 0.25) is 0 Å². The fourth-order valence-electron chi connectivity index (χ4n) is 1.36. The first-order chi connectivity index (χ1) is 8.02. The summed E-state index contributed by atoms with van der Waals surface area (Å²) in [4.78, 5) is 11.6. The maximum atomic E-state index is 11.6. The average Bonchev–Trinajstić information content (AvgIpc) is 2.28. The summed E-state index contributed by atoms with van der Waals surface area (Å²) in [6, 6.07) is 6.71. The average molecular weight is 234 g/mol. The summed E-state index contributed by atoms with van der Waals surface area (Å²) in [7, 11) is 0. The molecule has 0 spiro atoms. The number of nitrogens with two attached hydrogens (primary N) is 1. The third-order valence-electron chi connectivity index (χ3n) is 2.40. The summed E-state index contributed by atoms with van der Waals surface area (Å²) in [6.07, 6.45) is 0.594. The predicted octanol–water partition coefficient (Wildman–Crippen LogP) is 1.83. The van der Waals surface area contributed by atoms with Crippen LogP contribution in [0.15, 0.2) is 24.3 Å². The molecule has 92 valence electrons. The number of hydrogen-bond donors (Lipinski definition) is 4. The minimum atomic E-state index is -0.416. The number of benzene rings is 1. The number of carbonyl (C=O) groups is 1. The fourth-order valence-corrected chi connectivity index (χ4v) is 1.36. The van der Waals surface area contributed by atoms with Gasteiger partial charge in [-0.05, 0) is 25.5 Å². The highest BCUT2D eigenvalue weighted by molar-refractivity contribution is 5.93. The minimum Gasteiger partial charge on any atom is -0.386 e. The second kappa shape index (κ2) is 5.89. The Bertz CT molecular complexity index is 399. The molecule has 17 heavy (non-hydrogen) atoms. The number of carbonyl (C=O) groups excluding carboxylic acids is 1. The molecule has 0 saturated carbocycles. The highest BCUT2D eigenvalue weighted by Gasteiger charge is 2.12. The molecule has 0 saturated heterocycles. The zero-order valence-electron chi connectivity index (χ0n) is 10.1. The van der Waals surface area contributed by atoms with Gasteiger partial charge < -0.3 is 16.4 Å². The second-order valence-electron chi connectivity index (χ2n) is 3.88. The van der Waals surface area contributed by atoms with E-state index < -0.39 is 6.04 Å². The van der Waals surface area contributed by atoms with Crippen LogP contribution in [0.3, 0.4) is 0 Å². The van der Waals surface area contributed by atoms with Crippen molar-refractivity contribution < 1.29 is 4.79 Å². The molecular formula is C12H18N4O. The summed E-state index contributed by atoms with van der Waals surface area (Å²) >= 11 is 0. The molecule has 0 aliphatic heterocycles. The number of amides is 2. The topological polar surface area (TPSA) is 91.0 Å². The van der Waals surface area contributed by atoms with Crippen LogP contribution < -0.4 is 16.4 Å². The van der Waals surface area contributed by atoms with E-state index in [9.17, 15) is 4.79 Å². The monoisotopic (exact) mass is 234 g/mol. The first kappa shape index (κ1) is 13.0. The molecule has 1 aromatic carbocycles. The zero-order valence-corrected chi connectivity index (χ0v) is 10.1. The van der Waals surface area contributed by atoms with E-state index >= 15 is 0 Å². The van der Waals surface area contributed by atoms with Gasteiger partial charge in [0.2, 0.25) is 0 Å². The van der Waals surface area contributed by atoms with Gasteiger partial charge in [0.15, 0.2) is 0 Å². The normalized spacial score (nSPS) is 11.6. The smallest absolute Gasteiger partial charge is 0.319 e. The Labute approximate surface area is 101 Å². The number of amidine groups is 1. The van der Waals surface area contributed by atoms with Crippen LogP contribution in [-0.4, -0.2) is 17.9 Å². The lowest BCUT2D eigenvalue weighted by Gasteiger charge is -2.15. The number of rotatable bonds is 4. The Morgan fingerprint density at radius 2 is 2.00 bits per heavy atom. The van der Waals surface area contributed by atoms with Crippen molar-refractivity contribution >= 4 is 17.6 Å². The molecule has 0 radical (unpaired) electrons. The van der Waals surface area contributed by atoms with Gasteiger partial charge in [0, 0.05) is 5.69 Å². The van der Waals surface area contributed by atoms with Crippen molar-refractivity contribution in [2.24, 2.45) is 5.73 Å². The van der Waals surface area contributed by atoms with E-state index in [1.807, 2.05) is 38.1 Å². The molecule has 2 amide bonds. The Balaban J connectivity index is 2.54.